The van der Waals surface area contributed by atoms with E-state index in [-0.39, 0.29) is 0 Å². The summed E-state index contributed by atoms with van der Waals surface area (Å²) in [5.74, 6) is 2.18. The van der Waals surface area contributed by atoms with Crippen LogP contribution in [0.25, 0.3) is 0 Å². The zero-order valence-electron chi connectivity index (χ0n) is 22.4. The summed E-state index contributed by atoms with van der Waals surface area (Å²) in [6, 6.07) is 0. The van der Waals surface area contributed by atoms with Crippen molar-refractivity contribution >= 4 is 0 Å². The standard InChI is InChI=1S/C30H58N2/c1-4-6-8-10-12-14-15-16-18-20-22-24-26-29(30-31-27-28-32(30)3)25-23-21-19-17-13-11-9-7-5-2/h27-29H,4-26H2,1-3H3/p+1/t29-/m0/s1. The first-order valence-electron chi connectivity index (χ1n) is 14.8. The van der Waals surface area contributed by atoms with Crippen molar-refractivity contribution in [3.63, 3.8) is 0 Å². The molecule has 0 aromatic carbocycles. The maximum absolute atomic E-state index is 3.54. The molecule has 0 radical (unpaired) electrons. The Kier molecular flexibility index (Phi) is 20.1. The van der Waals surface area contributed by atoms with Crippen LogP contribution in [0.15, 0.2) is 12.4 Å². The van der Waals surface area contributed by atoms with Crippen molar-refractivity contribution in [1.29, 1.82) is 0 Å². The molecule has 0 amide bonds. The Morgan fingerprint density at radius 2 is 0.906 bits per heavy atom. The molecule has 1 atom stereocenters. The number of hydrogen-bond donors (Lipinski definition) is 1. The average molecular weight is 448 g/mol. The average Bonchev–Trinajstić information content (AvgIpc) is 3.23. The number of aromatic nitrogens is 2. The van der Waals surface area contributed by atoms with E-state index in [1.807, 2.05) is 0 Å². The second kappa shape index (κ2) is 22.0. The fourth-order valence-electron chi connectivity index (χ4n) is 5.17. The molecule has 2 nitrogen and oxygen atoms in total. The van der Waals surface area contributed by atoms with Crippen LogP contribution in [0.5, 0.6) is 0 Å². The fourth-order valence-corrected chi connectivity index (χ4v) is 5.17. The van der Waals surface area contributed by atoms with Gasteiger partial charge in [-0.25, -0.2) is 9.55 Å². The van der Waals surface area contributed by atoms with Crippen LogP contribution in [0.2, 0.25) is 0 Å². The molecule has 0 aliphatic carbocycles. The Morgan fingerprint density at radius 1 is 0.562 bits per heavy atom. The second-order valence-corrected chi connectivity index (χ2v) is 10.4. The molecule has 0 spiro atoms. The van der Waals surface area contributed by atoms with Crippen molar-refractivity contribution in [1.82, 2.24) is 4.98 Å². The summed E-state index contributed by atoms with van der Waals surface area (Å²) >= 11 is 0. The quantitative estimate of drug-likeness (QED) is 0.120. The molecule has 1 rings (SSSR count). The number of rotatable bonds is 24. The van der Waals surface area contributed by atoms with Gasteiger partial charge in [-0.05, 0) is 12.8 Å². The van der Waals surface area contributed by atoms with Gasteiger partial charge in [-0.15, -0.1) is 0 Å². The van der Waals surface area contributed by atoms with E-state index in [4.69, 9.17) is 0 Å². The molecule has 0 saturated carbocycles. The van der Waals surface area contributed by atoms with Crippen molar-refractivity contribution in [2.24, 2.45) is 7.05 Å². The lowest BCUT2D eigenvalue weighted by molar-refractivity contribution is -0.679. The number of unbranched alkanes of at least 4 members (excludes halogenated alkanes) is 19. The molecule has 188 valence electrons. The van der Waals surface area contributed by atoms with Gasteiger partial charge in [0, 0.05) is 0 Å². The number of H-pyrrole nitrogens is 1. The first-order chi connectivity index (χ1) is 15.8. The molecule has 0 aliphatic rings. The topological polar surface area (TPSA) is 19.7 Å². The molecule has 1 aromatic heterocycles. The van der Waals surface area contributed by atoms with Crippen LogP contribution in [0.3, 0.4) is 0 Å². The number of hydrogen-bond acceptors (Lipinski definition) is 0. The van der Waals surface area contributed by atoms with Gasteiger partial charge >= 0.3 is 0 Å². The first-order valence-corrected chi connectivity index (χ1v) is 14.8. The van der Waals surface area contributed by atoms with E-state index >= 15 is 0 Å². The van der Waals surface area contributed by atoms with Crippen LogP contribution in [-0.2, 0) is 7.05 Å². The van der Waals surface area contributed by atoms with Crippen molar-refractivity contribution in [3.8, 4) is 0 Å². The van der Waals surface area contributed by atoms with E-state index in [0.29, 0.717) is 0 Å². The number of nitrogens with zero attached hydrogens (tertiary/aromatic N) is 1. The third-order valence-corrected chi connectivity index (χ3v) is 7.36. The lowest BCUT2D eigenvalue weighted by Crippen LogP contribution is -2.32. The minimum atomic E-state index is 0.725. The third-order valence-electron chi connectivity index (χ3n) is 7.36. The number of aromatic amines is 1. The number of aryl methyl sites for hydroxylation is 1. The molecular formula is C30H59N2+. The Morgan fingerprint density at radius 3 is 1.22 bits per heavy atom. The van der Waals surface area contributed by atoms with Crippen molar-refractivity contribution in [2.75, 3.05) is 0 Å². The lowest BCUT2D eigenvalue weighted by Gasteiger charge is -2.13. The first kappa shape index (κ1) is 29.2. The lowest BCUT2D eigenvalue weighted by atomic mass is 9.93. The Labute approximate surface area is 202 Å². The smallest absolute Gasteiger partial charge is 0.247 e. The number of nitrogens with one attached hydrogen (secondary N) is 1. The van der Waals surface area contributed by atoms with E-state index < -0.39 is 0 Å². The highest BCUT2D eigenvalue weighted by atomic mass is 15.0. The Bertz CT molecular complexity index is 493. The molecule has 0 saturated heterocycles. The van der Waals surface area contributed by atoms with Gasteiger partial charge in [0.2, 0.25) is 0 Å². The maximum Gasteiger partial charge on any atom is 0.257 e. The van der Waals surface area contributed by atoms with E-state index in [1.54, 1.807) is 0 Å². The van der Waals surface area contributed by atoms with Crippen LogP contribution < -0.4 is 4.57 Å². The summed E-state index contributed by atoms with van der Waals surface area (Å²) < 4.78 is 2.32. The van der Waals surface area contributed by atoms with Gasteiger partial charge in [-0.3, -0.25) is 0 Å². The van der Waals surface area contributed by atoms with Gasteiger partial charge in [0.15, 0.2) is 0 Å². The Hall–Kier alpha value is -0.790. The minimum Gasteiger partial charge on any atom is -0.247 e. The second-order valence-electron chi connectivity index (χ2n) is 10.4. The van der Waals surface area contributed by atoms with Gasteiger partial charge in [0.05, 0.1) is 13.0 Å². The summed E-state index contributed by atoms with van der Waals surface area (Å²) in [7, 11) is 2.21. The fraction of sp³-hybridized carbons (Fsp3) is 0.900. The molecule has 1 aromatic rings. The zero-order chi connectivity index (χ0) is 23.1. The van der Waals surface area contributed by atoms with Crippen molar-refractivity contribution in [3.05, 3.63) is 18.2 Å². The molecule has 32 heavy (non-hydrogen) atoms. The highest BCUT2D eigenvalue weighted by Crippen LogP contribution is 2.26. The summed E-state index contributed by atoms with van der Waals surface area (Å²) in [5.41, 5.74) is 0. The van der Waals surface area contributed by atoms with E-state index in [9.17, 15) is 0 Å². The van der Waals surface area contributed by atoms with Crippen LogP contribution >= 0.6 is 0 Å². The maximum atomic E-state index is 3.54. The molecule has 0 unspecified atom stereocenters. The highest BCUT2D eigenvalue weighted by molar-refractivity contribution is 4.89. The predicted octanol–water partition coefficient (Wildman–Crippen LogP) is 9.93. The SMILES string of the molecule is CCCCCCCCCCCCCC[C@H](CCCCCCCCCCC)c1[nH]cc[n+]1C. The summed E-state index contributed by atoms with van der Waals surface area (Å²) in [6.45, 7) is 4.61. The van der Waals surface area contributed by atoms with Gasteiger partial charge < -0.3 is 0 Å². The number of imidazole rings is 1. The summed E-state index contributed by atoms with van der Waals surface area (Å²) in [6.07, 6.45) is 37.2. The van der Waals surface area contributed by atoms with Gasteiger partial charge in [0.25, 0.3) is 5.82 Å². The van der Waals surface area contributed by atoms with Gasteiger partial charge in [-0.1, -0.05) is 149 Å². The molecule has 1 heterocycles. The van der Waals surface area contributed by atoms with Crippen LogP contribution in [-0.4, -0.2) is 4.98 Å². The van der Waals surface area contributed by atoms with Gasteiger partial charge in [-0.2, -0.15) is 0 Å². The molecule has 0 aliphatic heterocycles. The van der Waals surface area contributed by atoms with Gasteiger partial charge in [0.1, 0.15) is 12.4 Å². The molecule has 0 bridgehead atoms. The Balaban J connectivity index is 2.08. The summed E-state index contributed by atoms with van der Waals surface area (Å²) in [5, 5.41) is 0. The molecule has 1 N–H and O–H groups in total. The van der Waals surface area contributed by atoms with Crippen molar-refractivity contribution in [2.45, 2.75) is 167 Å². The normalized spacial score (nSPS) is 12.5. The van der Waals surface area contributed by atoms with E-state index in [2.05, 4.69) is 42.8 Å². The highest BCUT2D eigenvalue weighted by Gasteiger charge is 2.20. The van der Waals surface area contributed by atoms with E-state index in [1.165, 1.54) is 154 Å². The zero-order valence-corrected chi connectivity index (χ0v) is 22.4. The predicted molar refractivity (Wildman–Crippen MR) is 142 cm³/mol. The summed E-state index contributed by atoms with van der Waals surface area (Å²) in [4.78, 5) is 3.54. The largest absolute Gasteiger partial charge is 0.257 e. The van der Waals surface area contributed by atoms with Crippen LogP contribution in [0.1, 0.15) is 173 Å². The molecule has 2 heteroatoms. The third kappa shape index (κ3) is 15.9. The molecule has 0 fully saturated rings. The van der Waals surface area contributed by atoms with E-state index in [0.717, 1.165) is 5.92 Å². The van der Waals surface area contributed by atoms with Crippen LogP contribution in [0, 0.1) is 0 Å². The van der Waals surface area contributed by atoms with Crippen molar-refractivity contribution < 1.29 is 4.57 Å². The monoisotopic (exact) mass is 447 g/mol. The molecular weight excluding hydrogens is 388 g/mol. The minimum absolute atomic E-state index is 0.725. The van der Waals surface area contributed by atoms with Crippen LogP contribution in [0.4, 0.5) is 0 Å².